The molecule has 0 radical (unpaired) electrons. The van der Waals surface area contributed by atoms with Gasteiger partial charge in [-0.3, -0.25) is 0 Å². The predicted molar refractivity (Wildman–Crippen MR) is 89.7 cm³/mol. The third kappa shape index (κ3) is 3.57. The minimum Gasteiger partial charge on any atom is -0.465 e. The first-order valence-electron chi connectivity index (χ1n) is 8.39. The SMILES string of the molecule is COC(=O)c1ccc(S(=O)(=O)N2CCCCC2C2OCCO2)c(C)c1. The first-order chi connectivity index (χ1) is 11.9. The number of carbonyl (C=O) groups is 1. The van der Waals surface area contributed by atoms with Crippen LogP contribution in [0.2, 0.25) is 0 Å². The van der Waals surface area contributed by atoms with Crippen molar-refractivity contribution in [2.24, 2.45) is 0 Å². The van der Waals surface area contributed by atoms with Crippen molar-refractivity contribution in [3.8, 4) is 0 Å². The Bertz CT molecular complexity index is 742. The van der Waals surface area contributed by atoms with Gasteiger partial charge in [-0.25, -0.2) is 13.2 Å². The summed E-state index contributed by atoms with van der Waals surface area (Å²) in [5, 5.41) is 0. The van der Waals surface area contributed by atoms with Crippen molar-refractivity contribution < 1.29 is 27.4 Å². The smallest absolute Gasteiger partial charge is 0.337 e. The average molecular weight is 369 g/mol. The van der Waals surface area contributed by atoms with Crippen LogP contribution in [0.15, 0.2) is 23.1 Å². The van der Waals surface area contributed by atoms with E-state index in [1.807, 2.05) is 0 Å². The predicted octanol–water partition coefficient (Wildman–Crippen LogP) is 1.70. The summed E-state index contributed by atoms with van der Waals surface area (Å²) in [4.78, 5) is 11.8. The Kier molecular flexibility index (Phi) is 5.43. The number of benzene rings is 1. The molecule has 2 saturated heterocycles. The molecule has 0 saturated carbocycles. The van der Waals surface area contributed by atoms with Gasteiger partial charge in [0.1, 0.15) is 0 Å². The molecule has 25 heavy (non-hydrogen) atoms. The normalized spacial score (nSPS) is 22.9. The molecular formula is C17H23NO6S. The number of aryl methyl sites for hydroxylation is 1. The van der Waals surface area contributed by atoms with E-state index >= 15 is 0 Å². The van der Waals surface area contributed by atoms with Crippen LogP contribution in [-0.2, 0) is 24.2 Å². The molecule has 1 atom stereocenters. The second-order valence-electron chi connectivity index (χ2n) is 6.26. The van der Waals surface area contributed by atoms with Gasteiger partial charge >= 0.3 is 5.97 Å². The number of hydrogen-bond acceptors (Lipinski definition) is 6. The summed E-state index contributed by atoms with van der Waals surface area (Å²) in [6.45, 7) is 3.10. The Morgan fingerprint density at radius 2 is 1.96 bits per heavy atom. The van der Waals surface area contributed by atoms with E-state index in [-0.39, 0.29) is 10.9 Å². The van der Waals surface area contributed by atoms with E-state index in [2.05, 4.69) is 4.74 Å². The molecule has 0 spiro atoms. The Labute approximate surface area is 147 Å². The van der Waals surface area contributed by atoms with Gasteiger partial charge in [0, 0.05) is 6.54 Å². The van der Waals surface area contributed by atoms with Gasteiger partial charge in [0.15, 0.2) is 6.29 Å². The van der Waals surface area contributed by atoms with Crippen molar-refractivity contribution in [3.63, 3.8) is 0 Å². The van der Waals surface area contributed by atoms with Crippen LogP contribution in [0.5, 0.6) is 0 Å². The molecule has 0 aliphatic carbocycles. The molecule has 0 aromatic heterocycles. The molecule has 3 rings (SSSR count). The topological polar surface area (TPSA) is 82.1 Å². The lowest BCUT2D eigenvalue weighted by atomic mass is 10.0. The van der Waals surface area contributed by atoms with Gasteiger partial charge in [-0.15, -0.1) is 0 Å². The molecule has 1 aromatic rings. The largest absolute Gasteiger partial charge is 0.465 e. The van der Waals surface area contributed by atoms with Crippen LogP contribution in [0.25, 0.3) is 0 Å². The second kappa shape index (κ2) is 7.41. The summed E-state index contributed by atoms with van der Waals surface area (Å²) < 4.78 is 43.7. The summed E-state index contributed by atoms with van der Waals surface area (Å²) in [6.07, 6.45) is 1.95. The fourth-order valence-corrected chi connectivity index (χ4v) is 5.30. The van der Waals surface area contributed by atoms with Crippen LogP contribution in [0.1, 0.15) is 35.2 Å². The molecule has 2 fully saturated rings. The second-order valence-corrected chi connectivity index (χ2v) is 8.12. The van der Waals surface area contributed by atoms with E-state index in [0.29, 0.717) is 37.3 Å². The molecule has 0 N–H and O–H groups in total. The number of sulfonamides is 1. The van der Waals surface area contributed by atoms with Crippen molar-refractivity contribution in [1.82, 2.24) is 4.31 Å². The summed E-state index contributed by atoms with van der Waals surface area (Å²) >= 11 is 0. The minimum absolute atomic E-state index is 0.199. The van der Waals surface area contributed by atoms with Crippen LogP contribution < -0.4 is 0 Å². The van der Waals surface area contributed by atoms with Crippen LogP contribution in [-0.4, -0.2) is 57.9 Å². The highest BCUT2D eigenvalue weighted by Gasteiger charge is 2.40. The molecule has 2 aliphatic heterocycles. The van der Waals surface area contributed by atoms with E-state index in [1.54, 1.807) is 13.0 Å². The van der Waals surface area contributed by atoms with Crippen LogP contribution in [0.4, 0.5) is 0 Å². The Hall–Kier alpha value is -1.48. The molecule has 1 unspecified atom stereocenters. The number of nitrogens with zero attached hydrogens (tertiary/aromatic N) is 1. The van der Waals surface area contributed by atoms with E-state index in [0.717, 1.165) is 12.8 Å². The third-order valence-corrected chi connectivity index (χ3v) is 6.73. The van der Waals surface area contributed by atoms with Gasteiger partial charge in [0.25, 0.3) is 0 Å². The number of rotatable bonds is 4. The molecule has 138 valence electrons. The number of carbonyl (C=O) groups excluding carboxylic acids is 1. The van der Waals surface area contributed by atoms with Crippen molar-refractivity contribution in [1.29, 1.82) is 0 Å². The van der Waals surface area contributed by atoms with Gasteiger partial charge in [-0.1, -0.05) is 6.42 Å². The number of hydrogen-bond donors (Lipinski definition) is 0. The maximum Gasteiger partial charge on any atom is 0.337 e. The number of piperidine rings is 1. The van der Waals surface area contributed by atoms with Crippen molar-refractivity contribution in [3.05, 3.63) is 29.3 Å². The number of esters is 1. The number of ether oxygens (including phenoxy) is 3. The lowest BCUT2D eigenvalue weighted by Gasteiger charge is -2.37. The van der Waals surface area contributed by atoms with Gasteiger partial charge in [0.2, 0.25) is 10.0 Å². The maximum absolute atomic E-state index is 13.2. The molecule has 1 aromatic carbocycles. The summed E-state index contributed by atoms with van der Waals surface area (Å²) in [5.74, 6) is -0.490. The molecule has 7 nitrogen and oxygen atoms in total. The zero-order valence-corrected chi connectivity index (χ0v) is 15.3. The first kappa shape index (κ1) is 18.3. The minimum atomic E-state index is -3.71. The van der Waals surface area contributed by atoms with E-state index in [4.69, 9.17) is 9.47 Å². The molecule has 0 amide bonds. The summed E-state index contributed by atoms with van der Waals surface area (Å²) in [5.41, 5.74) is 0.845. The van der Waals surface area contributed by atoms with Crippen LogP contribution in [0, 0.1) is 6.92 Å². The standard InChI is InChI=1S/C17H23NO6S/c1-12-11-13(16(19)22-2)6-7-15(12)25(20,21)18-8-4-3-5-14(18)17-23-9-10-24-17/h6-7,11,14,17H,3-5,8-10H2,1-2H3. The fraction of sp³-hybridized carbons (Fsp3) is 0.588. The Balaban J connectivity index is 1.92. The first-order valence-corrected chi connectivity index (χ1v) is 9.83. The van der Waals surface area contributed by atoms with Gasteiger partial charge in [0.05, 0.1) is 36.8 Å². The Morgan fingerprint density at radius 1 is 1.24 bits per heavy atom. The van der Waals surface area contributed by atoms with E-state index in [9.17, 15) is 13.2 Å². The van der Waals surface area contributed by atoms with Crippen LogP contribution >= 0.6 is 0 Å². The quantitative estimate of drug-likeness (QED) is 0.752. The lowest BCUT2D eigenvalue weighted by Crippen LogP contribution is -2.50. The summed E-state index contributed by atoms with van der Waals surface area (Å²) in [6, 6.07) is 4.17. The summed E-state index contributed by atoms with van der Waals surface area (Å²) in [7, 11) is -2.41. The monoisotopic (exact) mass is 369 g/mol. The molecule has 2 aliphatic rings. The van der Waals surface area contributed by atoms with Gasteiger partial charge < -0.3 is 14.2 Å². The fourth-order valence-electron chi connectivity index (χ4n) is 3.41. The van der Waals surface area contributed by atoms with Crippen LogP contribution in [0.3, 0.4) is 0 Å². The molecule has 8 heteroatoms. The van der Waals surface area contributed by atoms with Crippen molar-refractivity contribution in [2.45, 2.75) is 43.4 Å². The van der Waals surface area contributed by atoms with Crippen molar-refractivity contribution >= 4 is 16.0 Å². The zero-order valence-electron chi connectivity index (χ0n) is 14.4. The van der Waals surface area contributed by atoms with Gasteiger partial charge in [-0.2, -0.15) is 4.31 Å². The van der Waals surface area contributed by atoms with E-state index < -0.39 is 22.3 Å². The lowest BCUT2D eigenvalue weighted by molar-refractivity contribution is -0.0913. The van der Waals surface area contributed by atoms with Gasteiger partial charge in [-0.05, 0) is 43.5 Å². The molecular weight excluding hydrogens is 346 g/mol. The Morgan fingerprint density at radius 3 is 2.60 bits per heavy atom. The van der Waals surface area contributed by atoms with E-state index in [1.165, 1.54) is 23.5 Å². The van der Waals surface area contributed by atoms with Crippen molar-refractivity contribution in [2.75, 3.05) is 26.9 Å². The highest BCUT2D eigenvalue weighted by molar-refractivity contribution is 7.89. The number of methoxy groups -OCH3 is 1. The highest BCUT2D eigenvalue weighted by atomic mass is 32.2. The third-order valence-electron chi connectivity index (χ3n) is 4.64. The molecule has 0 bridgehead atoms. The average Bonchev–Trinajstić information content (AvgIpc) is 3.15. The maximum atomic E-state index is 13.2. The zero-order chi connectivity index (χ0) is 18.0. The highest BCUT2D eigenvalue weighted by Crippen LogP contribution is 2.31. The molecule has 2 heterocycles.